The van der Waals surface area contributed by atoms with E-state index in [4.69, 9.17) is 0 Å². The van der Waals surface area contributed by atoms with Gasteiger partial charge in [-0.15, -0.1) is 0 Å². The molecule has 5 heteroatoms. The van der Waals surface area contributed by atoms with Crippen LogP contribution in [0.25, 0.3) is 21.9 Å². The van der Waals surface area contributed by atoms with E-state index in [0.29, 0.717) is 30.6 Å². The van der Waals surface area contributed by atoms with Crippen LogP contribution in [0, 0.1) is 0 Å². The lowest BCUT2D eigenvalue weighted by molar-refractivity contribution is 0.0610. The van der Waals surface area contributed by atoms with Crippen LogP contribution in [0.1, 0.15) is 40.5 Å². The van der Waals surface area contributed by atoms with Gasteiger partial charge < -0.3 is 10.6 Å². The van der Waals surface area contributed by atoms with Crippen LogP contribution in [-0.2, 0) is 0 Å². The summed E-state index contributed by atoms with van der Waals surface area (Å²) in [6.45, 7) is 4.18. The molecule has 0 radical (unpaired) electrons. The van der Waals surface area contributed by atoms with Crippen LogP contribution in [0.4, 0.5) is 11.4 Å². The van der Waals surface area contributed by atoms with Crippen molar-refractivity contribution in [2.75, 3.05) is 30.3 Å². The van der Waals surface area contributed by atoms with Gasteiger partial charge in [-0.3, -0.25) is 14.5 Å². The molecule has 0 spiro atoms. The summed E-state index contributed by atoms with van der Waals surface area (Å²) in [5, 5.41) is 8.49. The molecule has 0 fully saturated rings. The standard InChI is InChI=1S/C30H29N3O2/c1-2-18-31-24-14-10-21(11-15-24)22-12-16-25(17-13-22)32-19-5-20-33-29(34)26-8-3-6-23-7-4-9-27(28(23)26)30(33)35/h3-4,6-17,31-32H,2,5,18-20H2,1H3. The predicted molar refractivity (Wildman–Crippen MR) is 143 cm³/mol. The largest absolute Gasteiger partial charge is 0.385 e. The fourth-order valence-electron chi connectivity index (χ4n) is 4.58. The van der Waals surface area contributed by atoms with E-state index >= 15 is 0 Å². The van der Waals surface area contributed by atoms with Crippen molar-refractivity contribution in [2.24, 2.45) is 0 Å². The summed E-state index contributed by atoms with van der Waals surface area (Å²) in [4.78, 5) is 27.4. The molecular weight excluding hydrogens is 434 g/mol. The molecule has 0 saturated heterocycles. The van der Waals surface area contributed by atoms with Gasteiger partial charge >= 0.3 is 0 Å². The number of carbonyl (C=O) groups excluding carboxylic acids is 2. The zero-order valence-corrected chi connectivity index (χ0v) is 19.9. The van der Waals surface area contributed by atoms with E-state index in [9.17, 15) is 9.59 Å². The molecule has 35 heavy (non-hydrogen) atoms. The summed E-state index contributed by atoms with van der Waals surface area (Å²) in [5.41, 5.74) is 5.71. The Kier molecular flexibility index (Phi) is 6.49. The summed E-state index contributed by atoms with van der Waals surface area (Å²) in [5.74, 6) is -0.417. The van der Waals surface area contributed by atoms with Crippen molar-refractivity contribution in [3.8, 4) is 11.1 Å². The molecule has 0 unspecified atom stereocenters. The number of hydrogen-bond acceptors (Lipinski definition) is 4. The highest BCUT2D eigenvalue weighted by molar-refractivity contribution is 6.25. The predicted octanol–water partition coefficient (Wildman–Crippen LogP) is 6.43. The molecule has 1 aliphatic rings. The average Bonchev–Trinajstić information content (AvgIpc) is 2.90. The second kappa shape index (κ2) is 10.0. The van der Waals surface area contributed by atoms with E-state index in [1.165, 1.54) is 10.5 Å². The van der Waals surface area contributed by atoms with Crippen molar-refractivity contribution in [3.63, 3.8) is 0 Å². The molecule has 4 aromatic carbocycles. The first-order chi connectivity index (χ1) is 17.2. The second-order valence-electron chi connectivity index (χ2n) is 8.83. The van der Waals surface area contributed by atoms with Gasteiger partial charge in [-0.05, 0) is 65.8 Å². The normalized spacial score (nSPS) is 12.8. The summed E-state index contributed by atoms with van der Waals surface area (Å²) in [6, 6.07) is 28.0. The molecule has 4 aromatic rings. The number of anilines is 2. The minimum atomic E-state index is -0.209. The number of carbonyl (C=O) groups is 2. The van der Waals surface area contributed by atoms with Crippen molar-refractivity contribution in [1.82, 2.24) is 4.90 Å². The van der Waals surface area contributed by atoms with E-state index in [1.807, 2.05) is 36.4 Å². The van der Waals surface area contributed by atoms with Crippen LogP contribution in [0.3, 0.4) is 0 Å². The SMILES string of the molecule is CCCNc1ccc(-c2ccc(NCCCN3C(=O)c4cccc5cccc(c45)C3=O)cc2)cc1. The molecule has 176 valence electrons. The summed E-state index contributed by atoms with van der Waals surface area (Å²) < 4.78 is 0. The van der Waals surface area contributed by atoms with E-state index in [0.717, 1.165) is 40.7 Å². The van der Waals surface area contributed by atoms with E-state index in [-0.39, 0.29) is 11.8 Å². The van der Waals surface area contributed by atoms with Crippen molar-refractivity contribution in [3.05, 3.63) is 96.1 Å². The first kappa shape index (κ1) is 22.7. The topological polar surface area (TPSA) is 61.4 Å². The molecule has 2 N–H and O–H groups in total. The summed E-state index contributed by atoms with van der Waals surface area (Å²) in [6.07, 6.45) is 1.77. The molecule has 0 bridgehead atoms. The number of nitrogens with one attached hydrogen (secondary N) is 2. The van der Waals surface area contributed by atoms with E-state index in [1.54, 1.807) is 0 Å². The molecule has 0 aromatic heterocycles. The summed E-state index contributed by atoms with van der Waals surface area (Å²) in [7, 11) is 0. The lowest BCUT2D eigenvalue weighted by atomic mass is 9.94. The highest BCUT2D eigenvalue weighted by Gasteiger charge is 2.31. The van der Waals surface area contributed by atoms with Crippen LogP contribution in [0.15, 0.2) is 84.9 Å². The Hall–Kier alpha value is -4.12. The zero-order valence-electron chi connectivity index (χ0n) is 19.9. The van der Waals surface area contributed by atoms with Crippen LogP contribution >= 0.6 is 0 Å². The number of nitrogens with zero attached hydrogens (tertiary/aromatic N) is 1. The van der Waals surface area contributed by atoms with Gasteiger partial charge in [0.25, 0.3) is 11.8 Å². The fraction of sp³-hybridized carbons (Fsp3) is 0.200. The number of amides is 2. The molecule has 5 nitrogen and oxygen atoms in total. The maximum Gasteiger partial charge on any atom is 0.261 e. The average molecular weight is 464 g/mol. The first-order valence-corrected chi connectivity index (χ1v) is 12.2. The van der Waals surface area contributed by atoms with Crippen LogP contribution < -0.4 is 10.6 Å². The number of rotatable bonds is 9. The van der Waals surface area contributed by atoms with Crippen LogP contribution in [0.2, 0.25) is 0 Å². The lowest BCUT2D eigenvalue weighted by Gasteiger charge is -2.27. The van der Waals surface area contributed by atoms with Gasteiger partial charge in [-0.25, -0.2) is 0 Å². The zero-order chi connectivity index (χ0) is 24.2. The van der Waals surface area contributed by atoms with Gasteiger partial charge in [-0.1, -0.05) is 55.5 Å². The van der Waals surface area contributed by atoms with Gasteiger partial charge in [0.1, 0.15) is 0 Å². The maximum absolute atomic E-state index is 13.0. The quantitative estimate of drug-likeness (QED) is 0.222. The first-order valence-electron chi connectivity index (χ1n) is 12.2. The maximum atomic E-state index is 13.0. The highest BCUT2D eigenvalue weighted by atomic mass is 16.2. The van der Waals surface area contributed by atoms with Gasteiger partial charge in [0.05, 0.1) is 0 Å². The number of imide groups is 1. The Morgan fingerprint density at radius 2 is 1.17 bits per heavy atom. The molecule has 5 rings (SSSR count). The van der Waals surface area contributed by atoms with Gasteiger partial charge in [-0.2, -0.15) is 0 Å². The molecule has 1 aliphatic heterocycles. The molecule has 1 heterocycles. The van der Waals surface area contributed by atoms with Crippen LogP contribution in [0.5, 0.6) is 0 Å². The molecule has 0 atom stereocenters. The Labute approximate surface area is 205 Å². The Morgan fingerprint density at radius 1 is 0.657 bits per heavy atom. The van der Waals surface area contributed by atoms with Gasteiger partial charge in [0.15, 0.2) is 0 Å². The number of hydrogen-bond donors (Lipinski definition) is 2. The Balaban J connectivity index is 1.17. The monoisotopic (exact) mass is 463 g/mol. The minimum Gasteiger partial charge on any atom is -0.385 e. The van der Waals surface area contributed by atoms with E-state index < -0.39 is 0 Å². The Morgan fingerprint density at radius 3 is 1.69 bits per heavy atom. The van der Waals surface area contributed by atoms with Crippen molar-refractivity contribution >= 4 is 34.0 Å². The number of benzene rings is 4. The highest BCUT2D eigenvalue weighted by Crippen LogP contribution is 2.30. The Bertz CT molecular complexity index is 1310. The van der Waals surface area contributed by atoms with Crippen molar-refractivity contribution in [1.29, 1.82) is 0 Å². The molecule has 2 amide bonds. The lowest BCUT2D eigenvalue weighted by Crippen LogP contribution is -2.41. The van der Waals surface area contributed by atoms with Crippen molar-refractivity contribution < 1.29 is 9.59 Å². The smallest absolute Gasteiger partial charge is 0.261 e. The molecular formula is C30H29N3O2. The van der Waals surface area contributed by atoms with Crippen molar-refractivity contribution in [2.45, 2.75) is 19.8 Å². The van der Waals surface area contributed by atoms with Crippen LogP contribution in [-0.4, -0.2) is 36.3 Å². The third-order valence-corrected chi connectivity index (χ3v) is 6.43. The van der Waals surface area contributed by atoms with Gasteiger partial charge in [0.2, 0.25) is 0 Å². The minimum absolute atomic E-state index is 0.209. The fourth-order valence-corrected chi connectivity index (χ4v) is 4.58. The molecule has 0 saturated carbocycles. The van der Waals surface area contributed by atoms with E-state index in [2.05, 4.69) is 66.1 Å². The second-order valence-corrected chi connectivity index (χ2v) is 8.83. The third-order valence-electron chi connectivity index (χ3n) is 6.43. The third kappa shape index (κ3) is 4.62. The molecule has 0 aliphatic carbocycles. The van der Waals surface area contributed by atoms with Gasteiger partial charge in [0, 0.05) is 47.5 Å². The summed E-state index contributed by atoms with van der Waals surface area (Å²) >= 11 is 0.